The van der Waals surface area contributed by atoms with Crippen molar-refractivity contribution in [2.45, 2.75) is 43.9 Å². The minimum absolute atomic E-state index is 0.272. The van der Waals surface area contributed by atoms with Crippen LogP contribution in [0.3, 0.4) is 0 Å². The SMILES string of the molecule is CCOCCCN=C1Sc2nc3cc4c(cc3cc2CN1C[C@@H]1CCCO1)OCO4. The average Bonchev–Trinajstić information content (AvgIpc) is 3.42. The van der Waals surface area contributed by atoms with Gasteiger partial charge >= 0.3 is 0 Å². The van der Waals surface area contributed by atoms with Gasteiger partial charge in [0.2, 0.25) is 6.79 Å². The largest absolute Gasteiger partial charge is 0.454 e. The maximum atomic E-state index is 5.90. The van der Waals surface area contributed by atoms with Crippen molar-refractivity contribution in [1.29, 1.82) is 0 Å². The van der Waals surface area contributed by atoms with Gasteiger partial charge in [0.25, 0.3) is 0 Å². The lowest BCUT2D eigenvalue weighted by atomic mass is 10.1. The molecule has 5 rings (SSSR count). The monoisotopic (exact) mass is 429 g/mol. The van der Waals surface area contributed by atoms with Crippen molar-refractivity contribution in [3.63, 3.8) is 0 Å². The molecule has 3 aliphatic rings. The van der Waals surface area contributed by atoms with Gasteiger partial charge in [0, 0.05) is 56.5 Å². The first-order valence-corrected chi connectivity index (χ1v) is 11.5. The van der Waals surface area contributed by atoms with E-state index in [2.05, 4.69) is 11.0 Å². The van der Waals surface area contributed by atoms with Gasteiger partial charge in [0.1, 0.15) is 5.03 Å². The topological polar surface area (TPSA) is 65.4 Å². The van der Waals surface area contributed by atoms with Crippen LogP contribution in [0.5, 0.6) is 11.5 Å². The summed E-state index contributed by atoms with van der Waals surface area (Å²) in [6, 6.07) is 6.22. The minimum Gasteiger partial charge on any atom is -0.454 e. The lowest BCUT2D eigenvalue weighted by molar-refractivity contribution is 0.0902. The normalized spacial score (nSPS) is 21.6. The van der Waals surface area contributed by atoms with Gasteiger partial charge in [0.15, 0.2) is 16.7 Å². The molecule has 4 heterocycles. The molecule has 0 aliphatic carbocycles. The number of ether oxygens (including phenoxy) is 4. The molecule has 7 nitrogen and oxygen atoms in total. The zero-order chi connectivity index (χ0) is 20.3. The van der Waals surface area contributed by atoms with Crippen molar-refractivity contribution < 1.29 is 18.9 Å². The Bertz CT molecular complexity index is 946. The van der Waals surface area contributed by atoms with Crippen LogP contribution < -0.4 is 9.47 Å². The summed E-state index contributed by atoms with van der Waals surface area (Å²) >= 11 is 1.66. The smallest absolute Gasteiger partial charge is 0.231 e. The van der Waals surface area contributed by atoms with Crippen molar-refractivity contribution in [2.24, 2.45) is 4.99 Å². The van der Waals surface area contributed by atoms with Crippen molar-refractivity contribution in [2.75, 3.05) is 39.7 Å². The number of pyridine rings is 1. The molecule has 30 heavy (non-hydrogen) atoms. The predicted octanol–water partition coefficient (Wildman–Crippen LogP) is 3.83. The Balaban J connectivity index is 1.41. The van der Waals surface area contributed by atoms with Crippen LogP contribution in [0, 0.1) is 0 Å². The number of thioether (sulfide) groups is 1. The number of nitrogens with zero attached hydrogens (tertiary/aromatic N) is 3. The number of hydrogen-bond acceptors (Lipinski definition) is 7. The summed E-state index contributed by atoms with van der Waals surface area (Å²) in [6.45, 7) is 7.07. The van der Waals surface area contributed by atoms with Crippen LogP contribution in [0.4, 0.5) is 0 Å². The number of amidine groups is 1. The molecule has 1 atom stereocenters. The quantitative estimate of drug-likeness (QED) is 0.620. The molecular formula is C22H27N3O4S. The number of hydrogen-bond donors (Lipinski definition) is 0. The fourth-order valence-corrected chi connectivity index (χ4v) is 5.01. The summed E-state index contributed by atoms with van der Waals surface area (Å²) in [5, 5.41) is 3.13. The van der Waals surface area contributed by atoms with Crippen molar-refractivity contribution in [3.05, 3.63) is 23.8 Å². The van der Waals surface area contributed by atoms with Crippen LogP contribution in [-0.2, 0) is 16.0 Å². The Morgan fingerprint density at radius 3 is 3.00 bits per heavy atom. The molecule has 8 heteroatoms. The van der Waals surface area contributed by atoms with Gasteiger partial charge in [-0.2, -0.15) is 0 Å². The first-order valence-electron chi connectivity index (χ1n) is 10.7. The van der Waals surface area contributed by atoms with Gasteiger partial charge in [-0.05, 0) is 50.1 Å². The third-order valence-corrected chi connectivity index (χ3v) is 6.63. The molecule has 0 N–H and O–H groups in total. The molecule has 1 aromatic heterocycles. The fourth-order valence-electron chi connectivity index (χ4n) is 4.01. The summed E-state index contributed by atoms with van der Waals surface area (Å²) in [5.74, 6) is 1.56. The van der Waals surface area contributed by atoms with Gasteiger partial charge in [-0.1, -0.05) is 0 Å². The molecule has 0 saturated carbocycles. The van der Waals surface area contributed by atoms with Crippen LogP contribution >= 0.6 is 11.8 Å². The van der Waals surface area contributed by atoms with Crippen molar-refractivity contribution in [3.8, 4) is 11.5 Å². The van der Waals surface area contributed by atoms with Crippen molar-refractivity contribution in [1.82, 2.24) is 9.88 Å². The molecule has 0 amide bonds. The first-order chi connectivity index (χ1) is 14.8. The van der Waals surface area contributed by atoms with Crippen LogP contribution in [0.15, 0.2) is 28.2 Å². The lowest BCUT2D eigenvalue weighted by Crippen LogP contribution is -2.38. The molecule has 0 bridgehead atoms. The Kier molecular flexibility index (Phi) is 5.97. The van der Waals surface area contributed by atoms with Gasteiger partial charge < -0.3 is 23.8 Å². The standard InChI is InChI=1S/C22H27N3O4S/c1-2-26-7-4-6-23-22-25(13-17-5-3-8-27-17)12-16-9-15-10-19-20(29-14-28-19)11-18(15)24-21(16)30-22/h9-11,17H,2-8,12-14H2,1H3/t17-/m0/s1. The van der Waals surface area contributed by atoms with E-state index < -0.39 is 0 Å². The zero-order valence-electron chi connectivity index (χ0n) is 17.3. The third-order valence-electron chi connectivity index (χ3n) is 5.51. The van der Waals surface area contributed by atoms with Crippen LogP contribution in [-0.4, -0.2) is 60.9 Å². The Hall–Kier alpha value is -2.03. The molecule has 3 aliphatic heterocycles. The van der Waals surface area contributed by atoms with E-state index in [-0.39, 0.29) is 12.9 Å². The number of fused-ring (bicyclic) bond motifs is 3. The summed E-state index contributed by atoms with van der Waals surface area (Å²) in [4.78, 5) is 12.2. The van der Waals surface area contributed by atoms with E-state index in [1.807, 2.05) is 19.1 Å². The number of aromatic nitrogens is 1. The second-order valence-corrected chi connectivity index (χ2v) is 8.64. The van der Waals surface area contributed by atoms with Gasteiger partial charge in [-0.15, -0.1) is 0 Å². The minimum atomic E-state index is 0.272. The third kappa shape index (κ3) is 4.22. The molecule has 1 fully saturated rings. The molecule has 0 unspecified atom stereocenters. The molecular weight excluding hydrogens is 402 g/mol. The molecule has 1 saturated heterocycles. The first kappa shape index (κ1) is 19.9. The highest BCUT2D eigenvalue weighted by atomic mass is 32.2. The van der Waals surface area contributed by atoms with Gasteiger partial charge in [0.05, 0.1) is 11.6 Å². The second-order valence-electron chi connectivity index (χ2n) is 7.68. The highest BCUT2D eigenvalue weighted by Crippen LogP contribution is 2.39. The molecule has 2 aromatic rings. The molecule has 160 valence electrons. The lowest BCUT2D eigenvalue weighted by Gasteiger charge is -2.32. The molecule has 0 radical (unpaired) electrons. The Morgan fingerprint density at radius 2 is 2.17 bits per heavy atom. The fraction of sp³-hybridized carbons (Fsp3) is 0.545. The van der Waals surface area contributed by atoms with E-state index in [1.54, 1.807) is 11.8 Å². The van der Waals surface area contributed by atoms with Crippen LogP contribution in [0.1, 0.15) is 31.7 Å². The highest BCUT2D eigenvalue weighted by Gasteiger charge is 2.28. The maximum absolute atomic E-state index is 5.90. The Labute approximate surface area is 180 Å². The van der Waals surface area contributed by atoms with E-state index in [1.165, 1.54) is 5.56 Å². The van der Waals surface area contributed by atoms with Crippen molar-refractivity contribution >= 4 is 27.8 Å². The van der Waals surface area contributed by atoms with Crippen LogP contribution in [0.2, 0.25) is 0 Å². The van der Waals surface area contributed by atoms with Gasteiger partial charge in [-0.3, -0.25) is 4.99 Å². The van der Waals surface area contributed by atoms with E-state index in [0.29, 0.717) is 0 Å². The summed E-state index contributed by atoms with van der Waals surface area (Å²) in [5.41, 5.74) is 2.14. The molecule has 0 spiro atoms. The summed E-state index contributed by atoms with van der Waals surface area (Å²) in [6.07, 6.45) is 3.46. The van der Waals surface area contributed by atoms with E-state index in [4.69, 9.17) is 28.9 Å². The summed E-state index contributed by atoms with van der Waals surface area (Å²) < 4.78 is 22.4. The average molecular weight is 430 g/mol. The van der Waals surface area contributed by atoms with E-state index in [9.17, 15) is 0 Å². The predicted molar refractivity (Wildman–Crippen MR) is 117 cm³/mol. The van der Waals surface area contributed by atoms with E-state index >= 15 is 0 Å². The second kappa shape index (κ2) is 8.99. The highest BCUT2D eigenvalue weighted by molar-refractivity contribution is 8.13. The van der Waals surface area contributed by atoms with Gasteiger partial charge in [-0.25, -0.2) is 4.98 Å². The zero-order valence-corrected chi connectivity index (χ0v) is 18.1. The molecule has 1 aromatic carbocycles. The number of benzene rings is 1. The Morgan fingerprint density at radius 1 is 1.27 bits per heavy atom. The number of rotatable bonds is 7. The van der Waals surface area contributed by atoms with Crippen LogP contribution in [0.25, 0.3) is 10.9 Å². The van der Waals surface area contributed by atoms with E-state index in [0.717, 1.165) is 91.3 Å². The maximum Gasteiger partial charge on any atom is 0.231 e. The number of aliphatic imine (C=N–C) groups is 1. The summed E-state index contributed by atoms with van der Waals surface area (Å²) in [7, 11) is 0.